The molecular weight excluding hydrogens is 382 g/mol. The smallest absolute Gasteiger partial charge is 0.118 e. The van der Waals surface area contributed by atoms with Crippen LogP contribution in [0.2, 0.25) is 0 Å². The van der Waals surface area contributed by atoms with Gasteiger partial charge in [-0.05, 0) is 74.2 Å². The molecule has 1 unspecified atom stereocenters. The Bertz CT molecular complexity index is 569. The Balaban J connectivity index is 1.96. The van der Waals surface area contributed by atoms with E-state index in [4.69, 9.17) is 4.74 Å². The summed E-state index contributed by atoms with van der Waals surface area (Å²) in [5, 5.41) is 3.52. The summed E-state index contributed by atoms with van der Waals surface area (Å²) >= 11 is 7.01. The molecule has 2 aromatic carbocycles. The van der Waals surface area contributed by atoms with E-state index in [1.165, 1.54) is 11.1 Å². The fraction of sp³-hybridized carbons (Fsp3) is 0.250. The van der Waals surface area contributed by atoms with Crippen molar-refractivity contribution in [1.82, 2.24) is 5.32 Å². The van der Waals surface area contributed by atoms with Crippen molar-refractivity contribution in [3.05, 3.63) is 62.5 Å². The van der Waals surface area contributed by atoms with Crippen molar-refractivity contribution in [2.45, 2.75) is 19.5 Å². The van der Waals surface area contributed by atoms with Crippen molar-refractivity contribution in [2.75, 3.05) is 7.11 Å². The average molecular weight is 399 g/mol. The lowest BCUT2D eigenvalue weighted by atomic mass is 10.1. The molecule has 106 valence electrons. The van der Waals surface area contributed by atoms with Gasteiger partial charge in [0.25, 0.3) is 0 Å². The lowest BCUT2D eigenvalue weighted by Crippen LogP contribution is -2.18. The van der Waals surface area contributed by atoms with E-state index >= 15 is 0 Å². The quantitative estimate of drug-likeness (QED) is 0.758. The van der Waals surface area contributed by atoms with Crippen LogP contribution < -0.4 is 10.1 Å². The minimum Gasteiger partial charge on any atom is -0.497 e. The van der Waals surface area contributed by atoms with Crippen LogP contribution in [-0.4, -0.2) is 7.11 Å². The van der Waals surface area contributed by atoms with Crippen molar-refractivity contribution >= 4 is 31.9 Å². The van der Waals surface area contributed by atoms with Crippen LogP contribution in [0.5, 0.6) is 5.75 Å². The topological polar surface area (TPSA) is 21.3 Å². The van der Waals surface area contributed by atoms with Gasteiger partial charge < -0.3 is 10.1 Å². The minimum absolute atomic E-state index is 0.295. The van der Waals surface area contributed by atoms with Crippen LogP contribution in [-0.2, 0) is 6.54 Å². The monoisotopic (exact) mass is 397 g/mol. The number of halogens is 2. The third-order valence-corrected chi connectivity index (χ3v) is 5.09. The Kier molecular flexibility index (Phi) is 5.64. The van der Waals surface area contributed by atoms with E-state index in [9.17, 15) is 0 Å². The van der Waals surface area contributed by atoms with Crippen LogP contribution in [0.25, 0.3) is 0 Å². The summed E-state index contributed by atoms with van der Waals surface area (Å²) in [5.74, 6) is 0.887. The van der Waals surface area contributed by atoms with Gasteiger partial charge in [-0.25, -0.2) is 0 Å². The normalized spacial score (nSPS) is 12.2. The first-order valence-corrected chi connectivity index (χ1v) is 8.00. The molecule has 0 aromatic heterocycles. The van der Waals surface area contributed by atoms with Crippen molar-refractivity contribution in [3.8, 4) is 5.75 Å². The molecule has 4 heteroatoms. The highest BCUT2D eigenvalue weighted by atomic mass is 79.9. The third kappa shape index (κ3) is 4.08. The zero-order valence-corrected chi connectivity index (χ0v) is 14.7. The molecule has 0 heterocycles. The molecule has 0 fully saturated rings. The van der Waals surface area contributed by atoms with Crippen LogP contribution in [0.1, 0.15) is 24.1 Å². The summed E-state index contributed by atoms with van der Waals surface area (Å²) in [6, 6.07) is 14.7. The Morgan fingerprint density at radius 1 is 1.05 bits per heavy atom. The molecule has 2 nitrogen and oxygen atoms in total. The summed E-state index contributed by atoms with van der Waals surface area (Å²) in [7, 11) is 1.68. The van der Waals surface area contributed by atoms with Crippen molar-refractivity contribution < 1.29 is 4.74 Å². The lowest BCUT2D eigenvalue weighted by Gasteiger charge is -2.15. The van der Waals surface area contributed by atoms with Gasteiger partial charge in [-0.15, -0.1) is 0 Å². The van der Waals surface area contributed by atoms with E-state index in [0.717, 1.165) is 21.2 Å². The number of hydrogen-bond donors (Lipinski definition) is 1. The standard InChI is InChI=1S/C16H17Br2NO/c1-11(13-4-6-14(20-2)7-5-13)19-10-12-3-8-15(17)16(18)9-12/h3-9,11,19H,10H2,1-2H3. The Morgan fingerprint density at radius 3 is 2.35 bits per heavy atom. The first-order valence-electron chi connectivity index (χ1n) is 6.41. The van der Waals surface area contributed by atoms with Gasteiger partial charge in [0.15, 0.2) is 0 Å². The lowest BCUT2D eigenvalue weighted by molar-refractivity contribution is 0.414. The SMILES string of the molecule is COc1ccc(C(C)NCc2ccc(Br)c(Br)c2)cc1. The molecule has 0 saturated carbocycles. The average Bonchev–Trinajstić information content (AvgIpc) is 2.48. The maximum Gasteiger partial charge on any atom is 0.118 e. The van der Waals surface area contributed by atoms with Gasteiger partial charge in [0.1, 0.15) is 5.75 Å². The summed E-state index contributed by atoms with van der Waals surface area (Å²) in [4.78, 5) is 0. The van der Waals surface area contributed by atoms with Crippen LogP contribution in [0.15, 0.2) is 51.4 Å². The van der Waals surface area contributed by atoms with E-state index in [1.54, 1.807) is 7.11 Å². The fourth-order valence-corrected chi connectivity index (χ4v) is 2.60. The van der Waals surface area contributed by atoms with E-state index < -0.39 is 0 Å². The molecule has 1 atom stereocenters. The molecule has 0 aliphatic carbocycles. The Hall–Kier alpha value is -0.840. The zero-order chi connectivity index (χ0) is 14.5. The van der Waals surface area contributed by atoms with Crippen LogP contribution in [0, 0.1) is 0 Å². The minimum atomic E-state index is 0.295. The Labute approximate surface area is 136 Å². The van der Waals surface area contributed by atoms with Gasteiger partial charge in [0, 0.05) is 21.5 Å². The Morgan fingerprint density at radius 2 is 1.75 bits per heavy atom. The highest BCUT2D eigenvalue weighted by Crippen LogP contribution is 2.24. The molecule has 0 saturated heterocycles. The second-order valence-electron chi connectivity index (χ2n) is 4.62. The first kappa shape index (κ1) is 15.5. The van der Waals surface area contributed by atoms with E-state index in [-0.39, 0.29) is 0 Å². The van der Waals surface area contributed by atoms with Gasteiger partial charge in [0.05, 0.1) is 7.11 Å². The number of hydrogen-bond acceptors (Lipinski definition) is 2. The van der Waals surface area contributed by atoms with Gasteiger partial charge in [0.2, 0.25) is 0 Å². The summed E-state index contributed by atoms with van der Waals surface area (Å²) in [5.41, 5.74) is 2.50. The van der Waals surface area contributed by atoms with Gasteiger partial charge >= 0.3 is 0 Å². The number of nitrogens with one attached hydrogen (secondary N) is 1. The van der Waals surface area contributed by atoms with Crippen molar-refractivity contribution in [2.24, 2.45) is 0 Å². The number of methoxy groups -OCH3 is 1. The van der Waals surface area contributed by atoms with Gasteiger partial charge in [-0.1, -0.05) is 18.2 Å². The van der Waals surface area contributed by atoms with Crippen LogP contribution in [0.3, 0.4) is 0 Å². The molecular formula is C16H17Br2NO. The van der Waals surface area contributed by atoms with Crippen LogP contribution >= 0.6 is 31.9 Å². The highest BCUT2D eigenvalue weighted by Gasteiger charge is 2.06. The van der Waals surface area contributed by atoms with E-state index in [0.29, 0.717) is 6.04 Å². The molecule has 0 bridgehead atoms. The van der Waals surface area contributed by atoms with Crippen LogP contribution in [0.4, 0.5) is 0 Å². The summed E-state index contributed by atoms with van der Waals surface area (Å²) in [6.45, 7) is 2.99. The highest BCUT2D eigenvalue weighted by molar-refractivity contribution is 9.13. The molecule has 2 rings (SSSR count). The largest absolute Gasteiger partial charge is 0.497 e. The number of rotatable bonds is 5. The van der Waals surface area contributed by atoms with Gasteiger partial charge in [-0.2, -0.15) is 0 Å². The molecule has 0 radical (unpaired) electrons. The van der Waals surface area contributed by atoms with Crippen molar-refractivity contribution in [1.29, 1.82) is 0 Å². The first-order chi connectivity index (χ1) is 9.60. The molecule has 20 heavy (non-hydrogen) atoms. The van der Waals surface area contributed by atoms with Crippen molar-refractivity contribution in [3.63, 3.8) is 0 Å². The molecule has 0 amide bonds. The zero-order valence-electron chi connectivity index (χ0n) is 11.5. The maximum absolute atomic E-state index is 5.17. The molecule has 1 N–H and O–H groups in total. The fourth-order valence-electron chi connectivity index (χ4n) is 1.93. The summed E-state index contributed by atoms with van der Waals surface area (Å²) in [6.07, 6.45) is 0. The summed E-state index contributed by atoms with van der Waals surface area (Å²) < 4.78 is 7.32. The third-order valence-electron chi connectivity index (χ3n) is 3.21. The molecule has 2 aromatic rings. The number of ether oxygens (including phenoxy) is 1. The molecule has 0 spiro atoms. The van der Waals surface area contributed by atoms with E-state index in [2.05, 4.69) is 74.4 Å². The second kappa shape index (κ2) is 7.25. The maximum atomic E-state index is 5.17. The second-order valence-corrected chi connectivity index (χ2v) is 6.33. The number of benzene rings is 2. The predicted molar refractivity (Wildman–Crippen MR) is 90.1 cm³/mol. The van der Waals surface area contributed by atoms with Gasteiger partial charge in [-0.3, -0.25) is 0 Å². The molecule has 0 aliphatic rings. The van der Waals surface area contributed by atoms with E-state index in [1.807, 2.05) is 12.1 Å². The molecule has 0 aliphatic heterocycles. The predicted octanol–water partition coefficient (Wildman–Crippen LogP) is 5.07.